The second-order valence-electron chi connectivity index (χ2n) is 4.51. The molecule has 0 radical (unpaired) electrons. The number of nitrogens with zero attached hydrogens (tertiary/aromatic N) is 1. The Labute approximate surface area is 117 Å². The number of benzene rings is 1. The Morgan fingerprint density at radius 2 is 2.05 bits per heavy atom. The largest absolute Gasteiger partial charge is 0.417 e. The highest BCUT2D eigenvalue weighted by atomic mass is 79.9. The van der Waals surface area contributed by atoms with Crippen LogP contribution in [0.25, 0.3) is 0 Å². The second-order valence-corrected chi connectivity index (χ2v) is 5.43. The first kappa shape index (κ1) is 14.4. The molecule has 0 heterocycles. The molecule has 0 bridgehead atoms. The third-order valence-electron chi connectivity index (χ3n) is 3.11. The minimum Gasteiger partial charge on any atom is -0.336 e. The van der Waals surface area contributed by atoms with Crippen LogP contribution in [-0.4, -0.2) is 23.4 Å². The smallest absolute Gasteiger partial charge is 0.336 e. The highest BCUT2D eigenvalue weighted by molar-refractivity contribution is 9.10. The van der Waals surface area contributed by atoms with Crippen LogP contribution in [0.4, 0.5) is 13.2 Å². The van der Waals surface area contributed by atoms with E-state index in [0.717, 1.165) is 18.9 Å². The molecule has 1 fully saturated rings. The maximum absolute atomic E-state index is 13.0. The Kier molecular flexibility index (Phi) is 3.90. The number of carbonyl (C=O) groups excluding carboxylic acids is 1. The second kappa shape index (κ2) is 5.15. The van der Waals surface area contributed by atoms with E-state index in [1.54, 1.807) is 6.92 Å². The number of alkyl halides is 3. The monoisotopic (exact) mass is 335 g/mol. The fourth-order valence-electron chi connectivity index (χ4n) is 2.05. The Balaban J connectivity index is 2.40. The van der Waals surface area contributed by atoms with Gasteiger partial charge < -0.3 is 4.90 Å². The zero-order valence-electron chi connectivity index (χ0n) is 10.3. The predicted octanol–water partition coefficient (Wildman–Crippen LogP) is 4.09. The molecule has 19 heavy (non-hydrogen) atoms. The first-order valence-electron chi connectivity index (χ1n) is 6.02. The average molecular weight is 336 g/mol. The lowest BCUT2D eigenvalue weighted by atomic mass is 10.1. The van der Waals surface area contributed by atoms with Crippen LogP contribution < -0.4 is 0 Å². The van der Waals surface area contributed by atoms with Crippen LogP contribution >= 0.6 is 15.9 Å². The van der Waals surface area contributed by atoms with Crippen LogP contribution in [0.5, 0.6) is 0 Å². The number of halogens is 4. The summed E-state index contributed by atoms with van der Waals surface area (Å²) >= 11 is 3.01. The van der Waals surface area contributed by atoms with E-state index in [0.29, 0.717) is 11.0 Å². The lowest BCUT2D eigenvalue weighted by Crippen LogP contribution is -2.34. The summed E-state index contributed by atoms with van der Waals surface area (Å²) in [7, 11) is 0. The molecule has 0 saturated heterocycles. The number of amides is 1. The molecule has 1 amide bonds. The number of hydrogen-bond acceptors (Lipinski definition) is 1. The van der Waals surface area contributed by atoms with Crippen molar-refractivity contribution in [1.29, 1.82) is 0 Å². The van der Waals surface area contributed by atoms with Crippen LogP contribution in [0.2, 0.25) is 0 Å². The van der Waals surface area contributed by atoms with E-state index in [1.165, 1.54) is 17.0 Å². The maximum Gasteiger partial charge on any atom is 0.417 e. The fraction of sp³-hybridized carbons (Fsp3) is 0.462. The fourth-order valence-corrected chi connectivity index (χ4v) is 2.41. The van der Waals surface area contributed by atoms with Crippen molar-refractivity contribution in [2.24, 2.45) is 0 Å². The normalized spacial score (nSPS) is 15.4. The molecule has 1 aromatic carbocycles. The van der Waals surface area contributed by atoms with Gasteiger partial charge in [-0.05, 0) is 38.0 Å². The van der Waals surface area contributed by atoms with Crippen molar-refractivity contribution < 1.29 is 18.0 Å². The molecule has 1 aliphatic carbocycles. The van der Waals surface area contributed by atoms with Gasteiger partial charge in [0.25, 0.3) is 5.91 Å². The van der Waals surface area contributed by atoms with Crippen LogP contribution in [0, 0.1) is 0 Å². The topological polar surface area (TPSA) is 20.3 Å². The van der Waals surface area contributed by atoms with Crippen LogP contribution in [0.1, 0.15) is 35.7 Å². The number of hydrogen-bond donors (Lipinski definition) is 0. The van der Waals surface area contributed by atoms with Crippen molar-refractivity contribution in [1.82, 2.24) is 4.90 Å². The molecule has 1 saturated carbocycles. The summed E-state index contributed by atoms with van der Waals surface area (Å²) in [5, 5.41) is 0. The van der Waals surface area contributed by atoms with Gasteiger partial charge in [-0.15, -0.1) is 0 Å². The third-order valence-corrected chi connectivity index (χ3v) is 3.60. The average Bonchev–Trinajstić information content (AvgIpc) is 3.13. The lowest BCUT2D eigenvalue weighted by molar-refractivity contribution is -0.138. The van der Waals surface area contributed by atoms with Crippen molar-refractivity contribution in [3.05, 3.63) is 33.8 Å². The number of rotatable bonds is 3. The van der Waals surface area contributed by atoms with Gasteiger partial charge in [-0.1, -0.05) is 15.9 Å². The molecule has 0 N–H and O–H groups in total. The van der Waals surface area contributed by atoms with Crippen LogP contribution in [0.3, 0.4) is 0 Å². The Morgan fingerprint density at radius 1 is 1.42 bits per heavy atom. The van der Waals surface area contributed by atoms with Gasteiger partial charge >= 0.3 is 6.18 Å². The van der Waals surface area contributed by atoms with Gasteiger partial charge in [0.15, 0.2) is 0 Å². The standard InChI is InChI=1S/C13H13BrF3NO/c1-2-18(9-4-5-9)12(19)10-6-3-8(14)7-11(10)13(15,16)17/h3,6-7,9H,2,4-5H2,1H3. The molecule has 0 atom stereocenters. The molecule has 2 rings (SSSR count). The van der Waals surface area contributed by atoms with Gasteiger partial charge in [-0.25, -0.2) is 0 Å². The number of carbonyl (C=O) groups is 1. The summed E-state index contributed by atoms with van der Waals surface area (Å²) in [4.78, 5) is 13.8. The van der Waals surface area contributed by atoms with Gasteiger partial charge in [0.2, 0.25) is 0 Å². The molecule has 6 heteroatoms. The first-order valence-corrected chi connectivity index (χ1v) is 6.81. The molecular weight excluding hydrogens is 323 g/mol. The Morgan fingerprint density at radius 3 is 2.53 bits per heavy atom. The third kappa shape index (κ3) is 3.11. The van der Waals surface area contributed by atoms with Crippen molar-refractivity contribution in [2.75, 3.05) is 6.54 Å². The van der Waals surface area contributed by atoms with E-state index in [-0.39, 0.29) is 11.6 Å². The first-order chi connectivity index (χ1) is 8.84. The van der Waals surface area contributed by atoms with Gasteiger partial charge in [0.05, 0.1) is 11.1 Å². The van der Waals surface area contributed by atoms with Crippen LogP contribution in [-0.2, 0) is 6.18 Å². The molecule has 0 unspecified atom stereocenters. The van der Waals surface area contributed by atoms with Gasteiger partial charge in [-0.2, -0.15) is 13.2 Å². The van der Waals surface area contributed by atoms with E-state index in [4.69, 9.17) is 0 Å². The maximum atomic E-state index is 13.0. The van der Waals surface area contributed by atoms with Crippen molar-refractivity contribution in [3.63, 3.8) is 0 Å². The molecule has 0 aromatic heterocycles. The lowest BCUT2D eigenvalue weighted by Gasteiger charge is -2.22. The summed E-state index contributed by atoms with van der Waals surface area (Å²) in [5.74, 6) is -0.537. The Bertz CT molecular complexity index is 497. The summed E-state index contributed by atoms with van der Waals surface area (Å²) in [5.41, 5.74) is -1.16. The minimum atomic E-state index is -4.53. The zero-order valence-corrected chi connectivity index (χ0v) is 11.9. The molecule has 0 spiro atoms. The molecule has 1 aromatic rings. The van der Waals surface area contributed by atoms with E-state index < -0.39 is 17.6 Å². The van der Waals surface area contributed by atoms with Crippen molar-refractivity contribution in [3.8, 4) is 0 Å². The minimum absolute atomic E-state index is 0.0993. The van der Waals surface area contributed by atoms with Gasteiger partial charge in [0, 0.05) is 17.1 Å². The zero-order chi connectivity index (χ0) is 14.2. The molecule has 104 valence electrons. The predicted molar refractivity (Wildman–Crippen MR) is 68.9 cm³/mol. The van der Waals surface area contributed by atoms with Gasteiger partial charge in [0.1, 0.15) is 0 Å². The molecule has 1 aliphatic rings. The summed E-state index contributed by atoms with van der Waals surface area (Å²) in [6, 6.07) is 3.75. The molecule has 0 aliphatic heterocycles. The van der Waals surface area contributed by atoms with Crippen LogP contribution in [0.15, 0.2) is 22.7 Å². The molecular formula is C13H13BrF3NO. The SMILES string of the molecule is CCN(C(=O)c1ccc(Br)cc1C(F)(F)F)C1CC1. The van der Waals surface area contributed by atoms with Gasteiger partial charge in [-0.3, -0.25) is 4.79 Å². The van der Waals surface area contributed by atoms with E-state index in [9.17, 15) is 18.0 Å². The summed E-state index contributed by atoms with van der Waals surface area (Å²) in [6.07, 6.45) is -2.79. The van der Waals surface area contributed by atoms with E-state index in [1.807, 2.05) is 0 Å². The van der Waals surface area contributed by atoms with Crippen molar-refractivity contribution >= 4 is 21.8 Å². The van der Waals surface area contributed by atoms with E-state index in [2.05, 4.69) is 15.9 Å². The molecule has 2 nitrogen and oxygen atoms in total. The highest BCUT2D eigenvalue weighted by Crippen LogP contribution is 2.36. The highest BCUT2D eigenvalue weighted by Gasteiger charge is 2.38. The summed E-state index contributed by atoms with van der Waals surface area (Å²) in [6.45, 7) is 2.21. The summed E-state index contributed by atoms with van der Waals surface area (Å²) < 4.78 is 39.3. The quantitative estimate of drug-likeness (QED) is 0.814. The Hall–Kier alpha value is -1.04. The van der Waals surface area contributed by atoms with E-state index >= 15 is 0 Å². The van der Waals surface area contributed by atoms with Crippen molar-refractivity contribution in [2.45, 2.75) is 32.0 Å².